The number of hydrogen-bond acceptors (Lipinski definition) is 4. The van der Waals surface area contributed by atoms with Gasteiger partial charge in [0.2, 0.25) is 0 Å². The molecule has 146 valence electrons. The zero-order valence-electron chi connectivity index (χ0n) is 16.7. The van der Waals surface area contributed by atoms with E-state index < -0.39 is 0 Å². The largest absolute Gasteiger partial charge is 0.497 e. The summed E-state index contributed by atoms with van der Waals surface area (Å²) in [6.07, 6.45) is 7.39. The Morgan fingerprint density at radius 3 is 2.11 bits per heavy atom. The molecule has 1 fully saturated rings. The molecule has 3 rings (SSSR count). The third kappa shape index (κ3) is 4.38. The van der Waals surface area contributed by atoms with Crippen molar-refractivity contribution in [2.45, 2.75) is 50.6 Å². The molecular formula is C23H31NO3. The van der Waals surface area contributed by atoms with Crippen LogP contribution in [0.2, 0.25) is 0 Å². The summed E-state index contributed by atoms with van der Waals surface area (Å²) in [5.41, 5.74) is 2.44. The number of para-hydroxylation sites is 1. The Kier molecular flexibility index (Phi) is 6.62. The molecule has 0 spiro atoms. The number of rotatable bonds is 7. The van der Waals surface area contributed by atoms with Gasteiger partial charge in [-0.1, -0.05) is 49.9 Å². The van der Waals surface area contributed by atoms with Gasteiger partial charge in [0, 0.05) is 17.6 Å². The van der Waals surface area contributed by atoms with E-state index in [2.05, 4.69) is 35.6 Å². The van der Waals surface area contributed by atoms with E-state index in [0.717, 1.165) is 42.2 Å². The Morgan fingerprint density at radius 1 is 0.815 bits per heavy atom. The smallest absolute Gasteiger partial charge is 0.165 e. The van der Waals surface area contributed by atoms with Gasteiger partial charge in [-0.25, -0.2) is 0 Å². The topological polar surface area (TPSA) is 39.7 Å². The molecular weight excluding hydrogens is 338 g/mol. The summed E-state index contributed by atoms with van der Waals surface area (Å²) in [6.45, 7) is 0.742. The second kappa shape index (κ2) is 9.14. The summed E-state index contributed by atoms with van der Waals surface area (Å²) >= 11 is 0. The van der Waals surface area contributed by atoms with E-state index in [1.807, 2.05) is 12.1 Å². The minimum absolute atomic E-state index is 0.0170. The number of methoxy groups -OCH3 is 3. The molecule has 1 aliphatic carbocycles. The normalized spacial score (nSPS) is 16.4. The van der Waals surface area contributed by atoms with Gasteiger partial charge in [-0.2, -0.15) is 0 Å². The zero-order chi connectivity index (χ0) is 19.1. The Labute approximate surface area is 162 Å². The summed E-state index contributed by atoms with van der Waals surface area (Å²) in [5, 5.41) is 3.89. The first-order valence-electron chi connectivity index (χ1n) is 9.82. The molecule has 1 N–H and O–H groups in total. The van der Waals surface area contributed by atoms with Gasteiger partial charge in [-0.15, -0.1) is 0 Å². The van der Waals surface area contributed by atoms with E-state index in [-0.39, 0.29) is 5.54 Å². The molecule has 2 aromatic rings. The maximum atomic E-state index is 5.62. The van der Waals surface area contributed by atoms with Gasteiger partial charge >= 0.3 is 0 Å². The molecule has 27 heavy (non-hydrogen) atoms. The highest BCUT2D eigenvalue weighted by Gasteiger charge is 2.32. The molecule has 1 saturated carbocycles. The SMILES string of the molecule is COc1ccc(C2(NCc3cccc(OC)c3OC)CCCCCC2)cc1. The molecule has 0 saturated heterocycles. The first kappa shape index (κ1) is 19.6. The van der Waals surface area contributed by atoms with Crippen LogP contribution in [0.3, 0.4) is 0 Å². The molecule has 0 unspecified atom stereocenters. The van der Waals surface area contributed by atoms with Crippen molar-refractivity contribution >= 4 is 0 Å². The minimum atomic E-state index is -0.0170. The van der Waals surface area contributed by atoms with Crippen molar-refractivity contribution in [3.05, 3.63) is 53.6 Å². The summed E-state index contributed by atoms with van der Waals surface area (Å²) in [4.78, 5) is 0. The first-order valence-corrected chi connectivity index (χ1v) is 9.82. The highest BCUT2D eigenvalue weighted by molar-refractivity contribution is 5.46. The summed E-state index contributed by atoms with van der Waals surface area (Å²) in [6, 6.07) is 14.6. The first-order chi connectivity index (χ1) is 13.2. The fourth-order valence-corrected chi connectivity index (χ4v) is 4.17. The van der Waals surface area contributed by atoms with Gasteiger partial charge in [0.25, 0.3) is 0 Å². The van der Waals surface area contributed by atoms with Crippen LogP contribution < -0.4 is 19.5 Å². The summed E-state index contributed by atoms with van der Waals surface area (Å²) < 4.78 is 16.4. The number of hydrogen-bond donors (Lipinski definition) is 1. The lowest BCUT2D eigenvalue weighted by atomic mass is 9.82. The average molecular weight is 370 g/mol. The minimum Gasteiger partial charge on any atom is -0.497 e. The van der Waals surface area contributed by atoms with Crippen molar-refractivity contribution in [2.24, 2.45) is 0 Å². The van der Waals surface area contributed by atoms with Crippen LogP contribution in [0.25, 0.3) is 0 Å². The Morgan fingerprint density at radius 2 is 1.52 bits per heavy atom. The molecule has 4 nitrogen and oxygen atoms in total. The van der Waals surface area contributed by atoms with Gasteiger partial charge < -0.3 is 19.5 Å². The molecule has 0 bridgehead atoms. The van der Waals surface area contributed by atoms with Crippen LogP contribution in [0.15, 0.2) is 42.5 Å². The quantitative estimate of drug-likeness (QED) is 0.693. The fraction of sp³-hybridized carbons (Fsp3) is 0.478. The molecule has 0 aromatic heterocycles. The lowest BCUT2D eigenvalue weighted by Crippen LogP contribution is -2.41. The van der Waals surface area contributed by atoms with Gasteiger partial charge in [-0.3, -0.25) is 0 Å². The van der Waals surface area contributed by atoms with Crippen LogP contribution >= 0.6 is 0 Å². The highest BCUT2D eigenvalue weighted by Crippen LogP contribution is 2.38. The van der Waals surface area contributed by atoms with Crippen molar-refractivity contribution in [3.63, 3.8) is 0 Å². The molecule has 0 radical (unpaired) electrons. The number of benzene rings is 2. The number of ether oxygens (including phenoxy) is 3. The van der Waals surface area contributed by atoms with Gasteiger partial charge in [0.1, 0.15) is 5.75 Å². The summed E-state index contributed by atoms with van der Waals surface area (Å²) in [7, 11) is 5.09. The molecule has 0 aliphatic heterocycles. The van der Waals surface area contributed by atoms with Gasteiger partial charge in [0.15, 0.2) is 11.5 Å². The van der Waals surface area contributed by atoms with Crippen LogP contribution in [-0.4, -0.2) is 21.3 Å². The third-order valence-electron chi connectivity index (χ3n) is 5.70. The maximum Gasteiger partial charge on any atom is 0.165 e. The van der Waals surface area contributed by atoms with E-state index >= 15 is 0 Å². The van der Waals surface area contributed by atoms with Crippen molar-refractivity contribution in [3.8, 4) is 17.2 Å². The van der Waals surface area contributed by atoms with Crippen LogP contribution in [0.1, 0.15) is 49.7 Å². The second-order valence-electron chi connectivity index (χ2n) is 7.23. The van der Waals surface area contributed by atoms with E-state index in [4.69, 9.17) is 14.2 Å². The molecule has 4 heteroatoms. The second-order valence-corrected chi connectivity index (χ2v) is 7.23. The van der Waals surface area contributed by atoms with E-state index in [9.17, 15) is 0 Å². The van der Waals surface area contributed by atoms with E-state index in [0.29, 0.717) is 0 Å². The summed E-state index contributed by atoms with van der Waals surface area (Å²) in [5.74, 6) is 2.49. The zero-order valence-corrected chi connectivity index (χ0v) is 16.7. The maximum absolute atomic E-state index is 5.62. The average Bonchev–Trinajstić information content (AvgIpc) is 2.98. The van der Waals surface area contributed by atoms with Crippen molar-refractivity contribution < 1.29 is 14.2 Å². The predicted octanol–water partition coefficient (Wildman–Crippen LogP) is 5.05. The lowest BCUT2D eigenvalue weighted by Gasteiger charge is -2.35. The van der Waals surface area contributed by atoms with Crippen molar-refractivity contribution in [2.75, 3.05) is 21.3 Å². The van der Waals surface area contributed by atoms with Gasteiger partial charge in [-0.05, 0) is 36.6 Å². The van der Waals surface area contributed by atoms with Crippen LogP contribution in [0.5, 0.6) is 17.2 Å². The fourth-order valence-electron chi connectivity index (χ4n) is 4.17. The van der Waals surface area contributed by atoms with Gasteiger partial charge in [0.05, 0.1) is 21.3 Å². The molecule has 0 heterocycles. The Hall–Kier alpha value is -2.20. The Bertz CT molecular complexity index is 719. The Balaban J connectivity index is 1.88. The molecule has 2 aromatic carbocycles. The third-order valence-corrected chi connectivity index (χ3v) is 5.70. The molecule has 0 atom stereocenters. The highest BCUT2D eigenvalue weighted by atomic mass is 16.5. The van der Waals surface area contributed by atoms with Crippen molar-refractivity contribution in [1.29, 1.82) is 0 Å². The molecule has 0 amide bonds. The van der Waals surface area contributed by atoms with Crippen molar-refractivity contribution in [1.82, 2.24) is 5.32 Å². The monoisotopic (exact) mass is 369 g/mol. The number of nitrogens with one attached hydrogen (secondary N) is 1. The van der Waals surface area contributed by atoms with E-state index in [1.165, 1.54) is 31.2 Å². The lowest BCUT2D eigenvalue weighted by molar-refractivity contribution is 0.283. The predicted molar refractivity (Wildman–Crippen MR) is 109 cm³/mol. The van der Waals surface area contributed by atoms with Crippen LogP contribution in [-0.2, 0) is 12.1 Å². The standard InChI is InChI=1S/C23H31NO3/c1-25-20-13-11-19(12-14-20)23(15-6-4-5-7-16-23)24-17-18-9-8-10-21(26-2)22(18)27-3/h8-14,24H,4-7,15-17H2,1-3H3. The van der Waals surface area contributed by atoms with Crippen LogP contribution in [0, 0.1) is 0 Å². The molecule has 1 aliphatic rings. The van der Waals surface area contributed by atoms with Crippen LogP contribution in [0.4, 0.5) is 0 Å². The van der Waals surface area contributed by atoms with E-state index in [1.54, 1.807) is 21.3 Å².